The molecule has 31 heavy (non-hydrogen) atoms. The highest BCUT2D eigenvalue weighted by Crippen LogP contribution is 2.52. The van der Waals surface area contributed by atoms with E-state index >= 15 is 0 Å². The smallest absolute Gasteiger partial charge is 0.407 e. The van der Waals surface area contributed by atoms with Crippen molar-refractivity contribution in [2.75, 3.05) is 11.4 Å². The average molecular weight is 418 g/mol. The maximum atomic E-state index is 13.3. The van der Waals surface area contributed by atoms with E-state index in [0.29, 0.717) is 5.69 Å². The molecule has 0 unspecified atom stereocenters. The molecule has 3 amide bonds. The fraction of sp³-hybridized carbons (Fsp3) is 0.292. The van der Waals surface area contributed by atoms with E-state index in [4.69, 9.17) is 9.47 Å². The SMILES string of the molecule is Cc1ccc(N2C(=O)[C@H]3[C@@H]4C=C[C@@](CNC(=O)OCc5ccccc5)(O4)[C@@H]3C2=O)cc1. The summed E-state index contributed by atoms with van der Waals surface area (Å²) >= 11 is 0. The average Bonchev–Trinajstić information content (AvgIpc) is 3.43. The third-order valence-electron chi connectivity index (χ3n) is 6.17. The predicted octanol–water partition coefficient (Wildman–Crippen LogP) is 2.73. The molecule has 3 aliphatic rings. The number of amides is 3. The highest BCUT2D eigenvalue weighted by Gasteiger charge is 2.67. The van der Waals surface area contributed by atoms with Gasteiger partial charge in [-0.25, -0.2) is 9.69 Å². The van der Waals surface area contributed by atoms with Gasteiger partial charge in [0.2, 0.25) is 11.8 Å². The molecule has 7 heteroatoms. The molecule has 0 aliphatic carbocycles. The van der Waals surface area contributed by atoms with Crippen molar-refractivity contribution in [2.24, 2.45) is 11.8 Å². The first-order chi connectivity index (χ1) is 15.0. The minimum absolute atomic E-state index is 0.0511. The first-order valence-electron chi connectivity index (χ1n) is 10.2. The van der Waals surface area contributed by atoms with E-state index in [-0.39, 0.29) is 25.0 Å². The van der Waals surface area contributed by atoms with Crippen LogP contribution in [0, 0.1) is 18.8 Å². The van der Waals surface area contributed by atoms with Gasteiger partial charge in [-0.05, 0) is 24.6 Å². The van der Waals surface area contributed by atoms with Crippen molar-refractivity contribution < 1.29 is 23.9 Å². The molecule has 0 aromatic heterocycles. The fourth-order valence-electron chi connectivity index (χ4n) is 4.64. The van der Waals surface area contributed by atoms with Crippen LogP contribution in [-0.4, -0.2) is 36.2 Å². The summed E-state index contributed by atoms with van der Waals surface area (Å²) in [5.41, 5.74) is 1.43. The van der Waals surface area contributed by atoms with Crippen LogP contribution in [0.15, 0.2) is 66.7 Å². The summed E-state index contributed by atoms with van der Waals surface area (Å²) in [6.45, 7) is 2.14. The number of carbonyl (C=O) groups excluding carboxylic acids is 3. The van der Waals surface area contributed by atoms with Crippen molar-refractivity contribution in [3.8, 4) is 0 Å². The lowest BCUT2D eigenvalue weighted by atomic mass is 9.77. The first-order valence-corrected chi connectivity index (χ1v) is 10.2. The van der Waals surface area contributed by atoms with E-state index < -0.39 is 29.6 Å². The molecular formula is C24H22N2O5. The monoisotopic (exact) mass is 418 g/mol. The number of anilines is 1. The van der Waals surface area contributed by atoms with E-state index in [1.807, 2.05) is 55.5 Å². The molecule has 158 valence electrons. The van der Waals surface area contributed by atoms with Crippen molar-refractivity contribution in [3.63, 3.8) is 0 Å². The Labute approximate surface area is 179 Å². The highest BCUT2D eigenvalue weighted by molar-refractivity contribution is 6.23. The maximum absolute atomic E-state index is 13.3. The van der Waals surface area contributed by atoms with Crippen LogP contribution in [-0.2, 0) is 25.7 Å². The second-order valence-electron chi connectivity index (χ2n) is 8.16. The van der Waals surface area contributed by atoms with Crippen LogP contribution in [0.2, 0.25) is 0 Å². The molecule has 2 aromatic carbocycles. The number of ether oxygens (including phenoxy) is 2. The molecule has 3 aliphatic heterocycles. The van der Waals surface area contributed by atoms with Gasteiger partial charge >= 0.3 is 6.09 Å². The number of carbonyl (C=O) groups is 3. The van der Waals surface area contributed by atoms with Gasteiger partial charge in [-0.15, -0.1) is 0 Å². The van der Waals surface area contributed by atoms with Gasteiger partial charge in [-0.2, -0.15) is 0 Å². The molecule has 0 saturated carbocycles. The van der Waals surface area contributed by atoms with E-state index in [2.05, 4.69) is 5.32 Å². The predicted molar refractivity (Wildman–Crippen MR) is 112 cm³/mol. The van der Waals surface area contributed by atoms with Crippen molar-refractivity contribution in [1.29, 1.82) is 0 Å². The van der Waals surface area contributed by atoms with E-state index in [1.54, 1.807) is 18.2 Å². The number of fused-ring (bicyclic) bond motifs is 5. The lowest BCUT2D eigenvalue weighted by Gasteiger charge is -2.28. The van der Waals surface area contributed by atoms with Gasteiger partial charge in [-0.1, -0.05) is 60.2 Å². The van der Waals surface area contributed by atoms with E-state index in [9.17, 15) is 14.4 Å². The summed E-state index contributed by atoms with van der Waals surface area (Å²) in [4.78, 5) is 39.8. The second kappa shape index (κ2) is 7.35. The van der Waals surface area contributed by atoms with Gasteiger partial charge in [0.15, 0.2) is 0 Å². The van der Waals surface area contributed by atoms with E-state index in [1.165, 1.54) is 4.90 Å². The first kappa shape index (κ1) is 19.5. The van der Waals surface area contributed by atoms with Gasteiger partial charge in [0.05, 0.1) is 30.2 Å². The molecule has 5 rings (SSSR count). The van der Waals surface area contributed by atoms with E-state index in [0.717, 1.165) is 11.1 Å². The van der Waals surface area contributed by atoms with Crippen LogP contribution in [0.25, 0.3) is 0 Å². The number of rotatable bonds is 5. The zero-order valence-electron chi connectivity index (χ0n) is 17.0. The quantitative estimate of drug-likeness (QED) is 0.596. The van der Waals surface area contributed by atoms with Crippen LogP contribution < -0.4 is 10.2 Å². The lowest BCUT2D eigenvalue weighted by Crippen LogP contribution is -2.49. The van der Waals surface area contributed by atoms with Crippen LogP contribution in [0.4, 0.5) is 10.5 Å². The third-order valence-corrected chi connectivity index (χ3v) is 6.17. The Bertz CT molecular complexity index is 1070. The number of nitrogens with one attached hydrogen (secondary N) is 1. The second-order valence-corrected chi connectivity index (χ2v) is 8.16. The van der Waals surface area contributed by atoms with Crippen LogP contribution in [0.5, 0.6) is 0 Å². The molecule has 3 heterocycles. The number of alkyl carbamates (subject to hydrolysis) is 1. The normalized spacial score (nSPS) is 28.2. The number of nitrogens with zero attached hydrogens (tertiary/aromatic N) is 1. The van der Waals surface area contributed by atoms with Crippen LogP contribution in [0.1, 0.15) is 11.1 Å². The molecule has 1 N–H and O–H groups in total. The van der Waals surface area contributed by atoms with Gasteiger partial charge in [0, 0.05) is 0 Å². The van der Waals surface area contributed by atoms with Crippen LogP contribution in [0.3, 0.4) is 0 Å². The van der Waals surface area contributed by atoms with Crippen molar-refractivity contribution in [3.05, 3.63) is 77.9 Å². The summed E-state index contributed by atoms with van der Waals surface area (Å²) in [5, 5.41) is 2.70. The molecular weight excluding hydrogens is 396 g/mol. The van der Waals surface area contributed by atoms with Crippen molar-refractivity contribution in [1.82, 2.24) is 5.32 Å². The Morgan fingerprint density at radius 3 is 2.58 bits per heavy atom. The zero-order valence-corrected chi connectivity index (χ0v) is 17.0. The van der Waals surface area contributed by atoms with Crippen molar-refractivity contribution in [2.45, 2.75) is 25.2 Å². The summed E-state index contributed by atoms with van der Waals surface area (Å²) < 4.78 is 11.3. The summed E-state index contributed by atoms with van der Waals surface area (Å²) in [5.74, 6) is -1.82. The highest BCUT2D eigenvalue weighted by atomic mass is 16.6. The number of hydrogen-bond acceptors (Lipinski definition) is 5. The van der Waals surface area contributed by atoms with Gasteiger partial charge in [0.25, 0.3) is 0 Å². The Morgan fingerprint density at radius 1 is 1.10 bits per heavy atom. The Hall–Kier alpha value is -3.45. The Balaban J connectivity index is 1.29. The van der Waals surface area contributed by atoms with Crippen molar-refractivity contribution >= 4 is 23.6 Å². The summed E-state index contributed by atoms with van der Waals surface area (Å²) in [6, 6.07) is 16.6. The van der Waals surface area contributed by atoms with Crippen LogP contribution >= 0.6 is 0 Å². The number of imide groups is 1. The Morgan fingerprint density at radius 2 is 1.84 bits per heavy atom. The largest absolute Gasteiger partial charge is 0.445 e. The fourth-order valence-corrected chi connectivity index (χ4v) is 4.64. The summed E-state index contributed by atoms with van der Waals surface area (Å²) in [6.07, 6.45) is 2.52. The minimum atomic E-state index is -1.05. The molecule has 4 atom stereocenters. The van der Waals surface area contributed by atoms with Gasteiger partial charge < -0.3 is 14.8 Å². The molecule has 2 fully saturated rings. The third kappa shape index (κ3) is 3.21. The maximum Gasteiger partial charge on any atom is 0.407 e. The molecule has 2 saturated heterocycles. The standard InChI is InChI=1S/C24H22N2O5/c1-15-7-9-17(10-8-15)26-21(27)19-18-11-12-24(31-18,20(19)22(26)28)14-25-23(29)30-13-16-5-3-2-4-6-16/h2-12,18-20H,13-14H2,1H3,(H,25,29)/t18-,19-,20-,24-/m0/s1. The zero-order chi connectivity index (χ0) is 21.6. The number of benzene rings is 2. The Kier molecular flexibility index (Phi) is 4.63. The van der Waals surface area contributed by atoms with Gasteiger partial charge in [-0.3, -0.25) is 9.59 Å². The number of hydrogen-bond donors (Lipinski definition) is 1. The minimum Gasteiger partial charge on any atom is -0.445 e. The molecule has 0 radical (unpaired) electrons. The topological polar surface area (TPSA) is 84.9 Å². The molecule has 7 nitrogen and oxygen atoms in total. The summed E-state index contributed by atoms with van der Waals surface area (Å²) in [7, 11) is 0. The lowest BCUT2D eigenvalue weighted by molar-refractivity contribution is -0.126. The van der Waals surface area contributed by atoms with Gasteiger partial charge in [0.1, 0.15) is 12.2 Å². The molecule has 0 spiro atoms. The molecule has 2 aromatic rings. The number of aryl methyl sites for hydroxylation is 1. The molecule has 2 bridgehead atoms.